The molecule has 1 unspecified atom stereocenters. The lowest BCUT2D eigenvalue weighted by molar-refractivity contribution is -0.121. The van der Waals surface area contributed by atoms with Crippen LogP contribution in [0.15, 0.2) is 24.3 Å². The maximum Gasteiger partial charge on any atom is 0.221 e. The van der Waals surface area contributed by atoms with E-state index in [4.69, 9.17) is 5.73 Å². The first-order valence-corrected chi connectivity index (χ1v) is 8.11. The number of nitrogens with one attached hydrogen (secondary N) is 1. The molecule has 1 aliphatic rings. The van der Waals surface area contributed by atoms with Crippen molar-refractivity contribution in [2.24, 2.45) is 5.73 Å². The van der Waals surface area contributed by atoms with Crippen LogP contribution in [0.3, 0.4) is 0 Å². The molecule has 0 spiro atoms. The summed E-state index contributed by atoms with van der Waals surface area (Å²) >= 11 is 0. The van der Waals surface area contributed by atoms with Crippen LogP contribution in [0.25, 0.3) is 0 Å². The van der Waals surface area contributed by atoms with Gasteiger partial charge in [-0.25, -0.2) is 0 Å². The van der Waals surface area contributed by atoms with E-state index in [0.717, 1.165) is 19.4 Å². The summed E-state index contributed by atoms with van der Waals surface area (Å²) in [7, 11) is 0. The van der Waals surface area contributed by atoms with Gasteiger partial charge in [-0.05, 0) is 32.3 Å². The molecular weight excluding hydrogens is 260 g/mol. The van der Waals surface area contributed by atoms with Crippen LogP contribution in [0.4, 0.5) is 0 Å². The zero-order chi connectivity index (χ0) is 15.3. The van der Waals surface area contributed by atoms with Gasteiger partial charge in [-0.15, -0.1) is 0 Å². The van der Waals surface area contributed by atoms with Gasteiger partial charge in [0.1, 0.15) is 0 Å². The van der Waals surface area contributed by atoms with E-state index in [1.807, 2.05) is 6.92 Å². The molecule has 0 aliphatic heterocycles. The van der Waals surface area contributed by atoms with Crippen LogP contribution < -0.4 is 11.1 Å². The molecule has 3 nitrogen and oxygen atoms in total. The third-order valence-electron chi connectivity index (χ3n) is 4.57. The third-order valence-corrected chi connectivity index (χ3v) is 4.57. The van der Waals surface area contributed by atoms with E-state index in [0.29, 0.717) is 6.42 Å². The average molecular weight is 288 g/mol. The van der Waals surface area contributed by atoms with E-state index in [9.17, 15) is 4.79 Å². The minimum absolute atomic E-state index is 0.0719. The highest BCUT2D eigenvalue weighted by Gasteiger charge is 2.34. The Labute approximate surface area is 128 Å². The zero-order valence-electron chi connectivity index (χ0n) is 13.3. The van der Waals surface area contributed by atoms with E-state index < -0.39 is 0 Å². The van der Waals surface area contributed by atoms with Crippen molar-refractivity contribution in [3.05, 3.63) is 35.4 Å². The van der Waals surface area contributed by atoms with Gasteiger partial charge < -0.3 is 11.1 Å². The van der Waals surface area contributed by atoms with Crippen LogP contribution in [-0.4, -0.2) is 18.5 Å². The van der Waals surface area contributed by atoms with E-state index >= 15 is 0 Å². The van der Waals surface area contributed by atoms with Crippen molar-refractivity contribution in [2.75, 3.05) is 6.54 Å². The number of carbonyl (C=O) groups excluding carboxylic acids is 1. The van der Waals surface area contributed by atoms with Gasteiger partial charge >= 0.3 is 0 Å². The smallest absolute Gasteiger partial charge is 0.221 e. The first-order valence-electron chi connectivity index (χ1n) is 8.11. The van der Waals surface area contributed by atoms with Crippen LogP contribution in [0, 0.1) is 6.92 Å². The van der Waals surface area contributed by atoms with Crippen LogP contribution in [0.1, 0.15) is 56.6 Å². The van der Waals surface area contributed by atoms with Gasteiger partial charge in [0.05, 0.1) is 0 Å². The summed E-state index contributed by atoms with van der Waals surface area (Å²) < 4.78 is 0. The molecule has 1 aromatic carbocycles. The Morgan fingerprint density at radius 3 is 2.67 bits per heavy atom. The first kappa shape index (κ1) is 16.0. The summed E-state index contributed by atoms with van der Waals surface area (Å²) in [4.78, 5) is 11.9. The number of hydrogen-bond acceptors (Lipinski definition) is 2. The fourth-order valence-corrected chi connectivity index (χ4v) is 3.40. The Kier molecular flexibility index (Phi) is 5.40. The van der Waals surface area contributed by atoms with Crippen molar-refractivity contribution in [1.82, 2.24) is 5.32 Å². The number of benzene rings is 1. The number of amides is 1. The summed E-state index contributed by atoms with van der Waals surface area (Å²) in [6.07, 6.45) is 6.53. The lowest BCUT2D eigenvalue weighted by Gasteiger charge is -2.38. The average Bonchev–Trinajstić information content (AvgIpc) is 2.45. The Bertz CT molecular complexity index is 476. The summed E-state index contributed by atoms with van der Waals surface area (Å²) in [5, 5.41) is 3.12. The van der Waals surface area contributed by atoms with Gasteiger partial charge in [-0.1, -0.05) is 49.1 Å². The number of rotatable bonds is 5. The lowest BCUT2D eigenvalue weighted by atomic mass is 9.69. The molecule has 0 saturated heterocycles. The lowest BCUT2D eigenvalue weighted by Crippen LogP contribution is -2.43. The SMILES string of the molecule is Cc1cccc(C2(CNC(=O)CC(C)N)CCCCC2)c1. The van der Waals surface area contributed by atoms with Crippen LogP contribution in [-0.2, 0) is 10.2 Å². The Hall–Kier alpha value is -1.35. The highest BCUT2D eigenvalue weighted by Crippen LogP contribution is 2.39. The number of aryl methyl sites for hydroxylation is 1. The summed E-state index contributed by atoms with van der Waals surface area (Å²) in [5.74, 6) is 0.0719. The third kappa shape index (κ3) is 4.31. The van der Waals surface area contributed by atoms with Gasteiger partial charge in [0.15, 0.2) is 0 Å². The van der Waals surface area contributed by atoms with Crippen molar-refractivity contribution < 1.29 is 4.79 Å². The molecule has 21 heavy (non-hydrogen) atoms. The van der Waals surface area contributed by atoms with Crippen LogP contribution >= 0.6 is 0 Å². The minimum atomic E-state index is -0.0775. The van der Waals surface area contributed by atoms with Crippen molar-refractivity contribution in [2.45, 2.75) is 63.8 Å². The van der Waals surface area contributed by atoms with Gasteiger partial charge in [-0.3, -0.25) is 4.79 Å². The zero-order valence-corrected chi connectivity index (χ0v) is 13.3. The highest BCUT2D eigenvalue weighted by molar-refractivity contribution is 5.76. The fraction of sp³-hybridized carbons (Fsp3) is 0.611. The molecule has 1 fully saturated rings. The fourth-order valence-electron chi connectivity index (χ4n) is 3.40. The summed E-state index contributed by atoms with van der Waals surface area (Å²) in [5.41, 5.74) is 8.48. The van der Waals surface area contributed by atoms with Gasteiger partial charge in [0, 0.05) is 24.4 Å². The highest BCUT2D eigenvalue weighted by atomic mass is 16.1. The first-order chi connectivity index (χ1) is 10.0. The maximum atomic E-state index is 11.9. The van der Waals surface area contributed by atoms with E-state index in [-0.39, 0.29) is 17.4 Å². The molecule has 1 aliphatic carbocycles. The molecular formula is C18H28N2O. The van der Waals surface area contributed by atoms with Crippen molar-refractivity contribution >= 4 is 5.91 Å². The predicted octanol–water partition coefficient (Wildman–Crippen LogP) is 3.05. The Morgan fingerprint density at radius 1 is 1.33 bits per heavy atom. The number of nitrogens with two attached hydrogens (primary N) is 1. The van der Waals surface area contributed by atoms with Crippen LogP contribution in [0.2, 0.25) is 0 Å². The van der Waals surface area contributed by atoms with Crippen molar-refractivity contribution in [3.8, 4) is 0 Å². The summed E-state index contributed by atoms with van der Waals surface area (Å²) in [6, 6.07) is 8.68. The van der Waals surface area contributed by atoms with E-state index in [1.54, 1.807) is 0 Å². The second-order valence-corrected chi connectivity index (χ2v) is 6.67. The van der Waals surface area contributed by atoms with Gasteiger partial charge in [0.25, 0.3) is 0 Å². The summed E-state index contributed by atoms with van der Waals surface area (Å²) in [6.45, 7) is 4.74. The van der Waals surface area contributed by atoms with E-state index in [2.05, 4.69) is 36.5 Å². The molecule has 3 heteroatoms. The van der Waals surface area contributed by atoms with Crippen molar-refractivity contribution in [1.29, 1.82) is 0 Å². The predicted molar refractivity (Wildman–Crippen MR) is 87.2 cm³/mol. The molecule has 1 amide bonds. The molecule has 0 radical (unpaired) electrons. The molecule has 1 atom stereocenters. The van der Waals surface area contributed by atoms with Crippen LogP contribution in [0.5, 0.6) is 0 Å². The quantitative estimate of drug-likeness (QED) is 0.875. The molecule has 3 N–H and O–H groups in total. The minimum Gasteiger partial charge on any atom is -0.355 e. The second kappa shape index (κ2) is 7.08. The number of carbonyl (C=O) groups is 1. The molecule has 116 valence electrons. The normalized spacial score (nSPS) is 19.0. The molecule has 1 aromatic rings. The topological polar surface area (TPSA) is 55.1 Å². The second-order valence-electron chi connectivity index (χ2n) is 6.67. The monoisotopic (exact) mass is 288 g/mol. The maximum absolute atomic E-state index is 11.9. The standard InChI is InChI=1S/C18H28N2O/c1-14-7-6-8-16(11-14)18(9-4-3-5-10-18)13-20-17(21)12-15(2)19/h6-8,11,15H,3-5,9-10,12-13,19H2,1-2H3,(H,20,21). The van der Waals surface area contributed by atoms with Crippen molar-refractivity contribution in [3.63, 3.8) is 0 Å². The molecule has 1 saturated carbocycles. The molecule has 0 bridgehead atoms. The molecule has 0 heterocycles. The Morgan fingerprint density at radius 2 is 2.05 bits per heavy atom. The molecule has 0 aromatic heterocycles. The Balaban J connectivity index is 2.12. The number of hydrogen-bond donors (Lipinski definition) is 2. The largest absolute Gasteiger partial charge is 0.355 e. The molecule has 2 rings (SSSR count). The van der Waals surface area contributed by atoms with E-state index in [1.165, 1.54) is 30.4 Å². The van der Waals surface area contributed by atoms with Gasteiger partial charge in [0.2, 0.25) is 5.91 Å². The van der Waals surface area contributed by atoms with Gasteiger partial charge in [-0.2, -0.15) is 0 Å².